The molecule has 1 saturated heterocycles. The minimum Gasteiger partial charge on any atom is -0.494 e. The summed E-state index contributed by atoms with van der Waals surface area (Å²) in [5.41, 5.74) is 8.00. The molecule has 0 bridgehead atoms. The van der Waals surface area contributed by atoms with Crippen LogP contribution in [0, 0.1) is 0 Å². The van der Waals surface area contributed by atoms with E-state index < -0.39 is 0 Å². The third kappa shape index (κ3) is 5.94. The molecule has 0 amide bonds. The molecule has 0 unspecified atom stereocenters. The Hall–Kier alpha value is -2.63. The topological polar surface area (TPSA) is 64.8 Å². The molecule has 27 heavy (non-hydrogen) atoms. The molecular weight excluding hydrogens is 340 g/mol. The van der Waals surface area contributed by atoms with Crippen LogP contribution < -0.4 is 10.5 Å². The zero-order valence-electron chi connectivity index (χ0n) is 15.5. The number of carbonyl (C=O) groups excluding carboxylic acids is 1. The number of rotatable bonds is 8. The molecule has 0 aromatic heterocycles. The molecule has 2 aromatic rings. The van der Waals surface area contributed by atoms with E-state index in [2.05, 4.69) is 4.90 Å². The molecule has 0 saturated carbocycles. The van der Waals surface area contributed by atoms with Gasteiger partial charge in [0.25, 0.3) is 0 Å². The second kappa shape index (κ2) is 9.90. The molecule has 1 aliphatic rings. The van der Waals surface area contributed by atoms with Gasteiger partial charge in [0.05, 0.1) is 19.8 Å². The van der Waals surface area contributed by atoms with Crippen molar-refractivity contribution in [2.45, 2.75) is 6.42 Å². The fraction of sp³-hybridized carbons (Fsp3) is 0.318. The van der Waals surface area contributed by atoms with Crippen LogP contribution in [0.2, 0.25) is 0 Å². The highest BCUT2D eigenvalue weighted by atomic mass is 16.5. The van der Waals surface area contributed by atoms with Crippen molar-refractivity contribution in [1.82, 2.24) is 4.90 Å². The Labute approximate surface area is 160 Å². The Morgan fingerprint density at radius 2 is 1.85 bits per heavy atom. The molecule has 5 nitrogen and oxygen atoms in total. The van der Waals surface area contributed by atoms with Crippen LogP contribution in [-0.4, -0.2) is 50.1 Å². The molecule has 0 aliphatic carbocycles. The van der Waals surface area contributed by atoms with Crippen molar-refractivity contribution in [3.8, 4) is 5.75 Å². The summed E-state index contributed by atoms with van der Waals surface area (Å²) in [5.74, 6) is 0.724. The average Bonchev–Trinajstić information content (AvgIpc) is 2.72. The summed E-state index contributed by atoms with van der Waals surface area (Å²) >= 11 is 0. The maximum Gasteiger partial charge on any atom is 0.185 e. The predicted octanol–water partition coefficient (Wildman–Crippen LogP) is 3.27. The largest absolute Gasteiger partial charge is 0.494 e. The van der Waals surface area contributed by atoms with Crippen LogP contribution in [0.4, 0.5) is 5.69 Å². The normalized spacial score (nSPS) is 15.1. The first-order chi connectivity index (χ1) is 13.2. The molecule has 2 aromatic carbocycles. The lowest BCUT2D eigenvalue weighted by molar-refractivity contribution is 0.0358. The smallest absolute Gasteiger partial charge is 0.185 e. The van der Waals surface area contributed by atoms with Crippen molar-refractivity contribution in [3.05, 3.63) is 65.7 Å². The van der Waals surface area contributed by atoms with E-state index in [1.54, 1.807) is 24.3 Å². The number of benzene rings is 2. The minimum atomic E-state index is -0.0582. The number of ketones is 1. The van der Waals surface area contributed by atoms with E-state index in [0.717, 1.165) is 50.6 Å². The lowest BCUT2D eigenvalue weighted by Crippen LogP contribution is -2.37. The molecule has 2 N–H and O–H groups in total. The van der Waals surface area contributed by atoms with Gasteiger partial charge < -0.3 is 15.2 Å². The monoisotopic (exact) mass is 366 g/mol. The second-order valence-corrected chi connectivity index (χ2v) is 6.51. The Bertz CT molecular complexity index is 765. The van der Waals surface area contributed by atoms with Gasteiger partial charge in [-0.25, -0.2) is 0 Å². The first-order valence-electron chi connectivity index (χ1n) is 9.32. The molecule has 0 atom stereocenters. The maximum absolute atomic E-state index is 12.3. The first-order valence-corrected chi connectivity index (χ1v) is 9.32. The van der Waals surface area contributed by atoms with Crippen LogP contribution in [-0.2, 0) is 4.74 Å². The number of anilines is 1. The third-order valence-electron chi connectivity index (χ3n) is 4.54. The summed E-state index contributed by atoms with van der Waals surface area (Å²) in [6.07, 6.45) is 4.26. The first kappa shape index (κ1) is 19.1. The highest BCUT2D eigenvalue weighted by Gasteiger charge is 2.09. The van der Waals surface area contributed by atoms with Gasteiger partial charge in [-0.3, -0.25) is 9.69 Å². The molecule has 1 aliphatic heterocycles. The van der Waals surface area contributed by atoms with Crippen LogP contribution in [0.1, 0.15) is 22.3 Å². The molecular formula is C22H26N2O3. The van der Waals surface area contributed by atoms with Gasteiger partial charge in [0.2, 0.25) is 0 Å². The number of hydrogen-bond acceptors (Lipinski definition) is 5. The highest BCUT2D eigenvalue weighted by Crippen LogP contribution is 2.16. The summed E-state index contributed by atoms with van der Waals surface area (Å²) in [5, 5.41) is 0. The molecule has 1 fully saturated rings. The third-order valence-corrected chi connectivity index (χ3v) is 4.54. The molecule has 0 spiro atoms. The van der Waals surface area contributed by atoms with Crippen LogP contribution in [0.5, 0.6) is 5.75 Å². The van der Waals surface area contributed by atoms with Crippen molar-refractivity contribution in [3.63, 3.8) is 0 Å². The van der Waals surface area contributed by atoms with Crippen molar-refractivity contribution in [2.75, 3.05) is 45.2 Å². The molecule has 1 heterocycles. The van der Waals surface area contributed by atoms with Crippen molar-refractivity contribution in [1.29, 1.82) is 0 Å². The van der Waals surface area contributed by atoms with Gasteiger partial charge >= 0.3 is 0 Å². The van der Waals surface area contributed by atoms with E-state index in [9.17, 15) is 4.79 Å². The number of allylic oxidation sites excluding steroid dienone is 1. The van der Waals surface area contributed by atoms with E-state index in [1.807, 2.05) is 36.4 Å². The zero-order chi connectivity index (χ0) is 18.9. The Morgan fingerprint density at radius 1 is 1.11 bits per heavy atom. The van der Waals surface area contributed by atoms with Crippen molar-refractivity contribution < 1.29 is 14.3 Å². The number of nitrogen functional groups attached to an aromatic ring is 1. The van der Waals surface area contributed by atoms with Gasteiger partial charge in [-0.05, 0) is 54.5 Å². The number of ether oxygens (including phenoxy) is 2. The van der Waals surface area contributed by atoms with Gasteiger partial charge in [0, 0.05) is 30.9 Å². The number of morpholine rings is 1. The Balaban J connectivity index is 1.45. The van der Waals surface area contributed by atoms with E-state index in [-0.39, 0.29) is 5.78 Å². The molecule has 142 valence electrons. The van der Waals surface area contributed by atoms with E-state index in [0.29, 0.717) is 17.9 Å². The lowest BCUT2D eigenvalue weighted by atomic mass is 10.1. The fourth-order valence-corrected chi connectivity index (χ4v) is 2.94. The zero-order valence-corrected chi connectivity index (χ0v) is 15.5. The average molecular weight is 366 g/mol. The highest BCUT2D eigenvalue weighted by molar-refractivity contribution is 6.07. The van der Waals surface area contributed by atoms with Gasteiger partial charge in [-0.1, -0.05) is 18.2 Å². The van der Waals surface area contributed by atoms with Crippen LogP contribution >= 0.6 is 0 Å². The summed E-state index contributed by atoms with van der Waals surface area (Å²) < 4.78 is 11.1. The Kier molecular flexibility index (Phi) is 7.02. The maximum atomic E-state index is 12.3. The van der Waals surface area contributed by atoms with Crippen LogP contribution in [0.3, 0.4) is 0 Å². The molecule has 3 rings (SSSR count). The van der Waals surface area contributed by atoms with Crippen molar-refractivity contribution >= 4 is 17.5 Å². The summed E-state index contributed by atoms with van der Waals surface area (Å²) in [6.45, 7) is 5.33. The van der Waals surface area contributed by atoms with Gasteiger partial charge in [0.1, 0.15) is 5.75 Å². The summed E-state index contributed by atoms with van der Waals surface area (Å²) in [7, 11) is 0. The van der Waals surface area contributed by atoms with Gasteiger partial charge in [-0.2, -0.15) is 0 Å². The Morgan fingerprint density at radius 3 is 2.59 bits per heavy atom. The quantitative estimate of drug-likeness (QED) is 0.336. The number of carbonyl (C=O) groups is 1. The molecule has 0 radical (unpaired) electrons. The van der Waals surface area contributed by atoms with Gasteiger partial charge in [0.15, 0.2) is 5.78 Å². The van der Waals surface area contributed by atoms with Crippen molar-refractivity contribution in [2.24, 2.45) is 0 Å². The van der Waals surface area contributed by atoms with Gasteiger partial charge in [-0.15, -0.1) is 0 Å². The number of nitrogens with zero attached hydrogens (tertiary/aromatic N) is 1. The van der Waals surface area contributed by atoms with E-state index >= 15 is 0 Å². The number of para-hydroxylation sites is 1. The SMILES string of the molecule is Nc1ccccc1/C=C/C(=O)c1ccc(OCCCN2CCOCC2)cc1. The summed E-state index contributed by atoms with van der Waals surface area (Å²) in [4.78, 5) is 14.7. The standard InChI is InChI=1S/C22H26N2O3/c23-21-5-2-1-4-18(21)8-11-22(25)19-6-9-20(10-7-19)27-15-3-12-24-13-16-26-17-14-24/h1-2,4-11H,3,12-17,23H2/b11-8+. The number of nitrogens with two attached hydrogens (primary N) is 1. The van der Waals surface area contributed by atoms with Crippen LogP contribution in [0.15, 0.2) is 54.6 Å². The molecule has 5 heteroatoms. The van der Waals surface area contributed by atoms with Crippen LogP contribution in [0.25, 0.3) is 6.08 Å². The van der Waals surface area contributed by atoms with E-state index in [1.165, 1.54) is 0 Å². The minimum absolute atomic E-state index is 0.0582. The number of hydrogen-bond donors (Lipinski definition) is 1. The predicted molar refractivity (Wildman–Crippen MR) is 108 cm³/mol. The lowest BCUT2D eigenvalue weighted by Gasteiger charge is -2.26. The summed E-state index contributed by atoms with van der Waals surface area (Å²) in [6, 6.07) is 14.7. The second-order valence-electron chi connectivity index (χ2n) is 6.51. The fourth-order valence-electron chi connectivity index (χ4n) is 2.94. The van der Waals surface area contributed by atoms with E-state index in [4.69, 9.17) is 15.2 Å².